The third kappa shape index (κ3) is 2.94. The van der Waals surface area contributed by atoms with E-state index in [1.54, 1.807) is 0 Å². The van der Waals surface area contributed by atoms with E-state index in [2.05, 4.69) is 67.7 Å². The maximum absolute atomic E-state index is 3.80. The predicted octanol–water partition coefficient (Wildman–Crippen LogP) is 4.20. The van der Waals surface area contributed by atoms with E-state index in [1.807, 2.05) is 0 Å². The standard InChI is InChI=1S/C19H23N/c1-14-7-9-16(10-8-14)15(2)20-19-12-11-17-5-3-4-6-18(17)13-19/h3-10,15,19-20H,11-13H2,1-2H3. The van der Waals surface area contributed by atoms with Gasteiger partial charge in [-0.15, -0.1) is 0 Å². The Hall–Kier alpha value is -1.60. The molecule has 3 rings (SSSR count). The Labute approximate surface area is 122 Å². The summed E-state index contributed by atoms with van der Waals surface area (Å²) in [5, 5.41) is 3.80. The summed E-state index contributed by atoms with van der Waals surface area (Å²) in [6.07, 6.45) is 3.61. The second-order valence-electron chi connectivity index (χ2n) is 6.01. The fraction of sp³-hybridized carbons (Fsp3) is 0.368. The van der Waals surface area contributed by atoms with Crippen molar-refractivity contribution in [1.82, 2.24) is 5.32 Å². The van der Waals surface area contributed by atoms with E-state index in [0.717, 1.165) is 6.42 Å². The van der Waals surface area contributed by atoms with E-state index in [1.165, 1.54) is 35.1 Å². The van der Waals surface area contributed by atoms with Gasteiger partial charge in [0, 0.05) is 12.1 Å². The normalized spacial score (nSPS) is 19.4. The molecular weight excluding hydrogens is 242 g/mol. The molecule has 1 nitrogen and oxygen atoms in total. The lowest BCUT2D eigenvalue weighted by molar-refractivity contribution is 0.414. The lowest BCUT2D eigenvalue weighted by Gasteiger charge is -2.28. The van der Waals surface area contributed by atoms with E-state index < -0.39 is 0 Å². The molecule has 0 heterocycles. The molecule has 0 saturated heterocycles. The van der Waals surface area contributed by atoms with E-state index >= 15 is 0 Å². The molecule has 20 heavy (non-hydrogen) atoms. The molecule has 0 radical (unpaired) electrons. The van der Waals surface area contributed by atoms with Crippen LogP contribution in [-0.2, 0) is 12.8 Å². The third-order valence-corrected chi connectivity index (χ3v) is 4.41. The number of hydrogen-bond donors (Lipinski definition) is 1. The molecular formula is C19H23N. The molecule has 2 atom stereocenters. The molecule has 0 fully saturated rings. The highest BCUT2D eigenvalue weighted by Crippen LogP contribution is 2.23. The van der Waals surface area contributed by atoms with Crippen LogP contribution in [0.1, 0.15) is 41.6 Å². The van der Waals surface area contributed by atoms with Gasteiger partial charge < -0.3 is 5.32 Å². The van der Waals surface area contributed by atoms with Crippen LogP contribution in [0.2, 0.25) is 0 Å². The molecule has 0 aliphatic heterocycles. The van der Waals surface area contributed by atoms with Crippen LogP contribution in [-0.4, -0.2) is 6.04 Å². The van der Waals surface area contributed by atoms with Crippen molar-refractivity contribution in [3.8, 4) is 0 Å². The van der Waals surface area contributed by atoms with Crippen LogP contribution in [0.3, 0.4) is 0 Å². The van der Waals surface area contributed by atoms with Crippen molar-refractivity contribution in [2.75, 3.05) is 0 Å². The number of hydrogen-bond acceptors (Lipinski definition) is 1. The third-order valence-electron chi connectivity index (χ3n) is 4.41. The molecule has 0 amide bonds. The van der Waals surface area contributed by atoms with Gasteiger partial charge in [0.25, 0.3) is 0 Å². The molecule has 1 aliphatic carbocycles. The van der Waals surface area contributed by atoms with E-state index in [9.17, 15) is 0 Å². The topological polar surface area (TPSA) is 12.0 Å². The zero-order chi connectivity index (χ0) is 13.9. The van der Waals surface area contributed by atoms with Gasteiger partial charge in [-0.2, -0.15) is 0 Å². The van der Waals surface area contributed by atoms with Crippen LogP contribution >= 0.6 is 0 Å². The molecule has 0 spiro atoms. The Balaban J connectivity index is 1.66. The van der Waals surface area contributed by atoms with Crippen molar-refractivity contribution in [1.29, 1.82) is 0 Å². The first-order chi connectivity index (χ1) is 9.72. The summed E-state index contributed by atoms with van der Waals surface area (Å²) in [7, 11) is 0. The fourth-order valence-corrected chi connectivity index (χ4v) is 3.14. The van der Waals surface area contributed by atoms with E-state index in [-0.39, 0.29) is 0 Å². The second-order valence-corrected chi connectivity index (χ2v) is 6.01. The van der Waals surface area contributed by atoms with Gasteiger partial charge in [-0.25, -0.2) is 0 Å². The average Bonchev–Trinajstić information content (AvgIpc) is 2.48. The largest absolute Gasteiger partial charge is 0.307 e. The van der Waals surface area contributed by atoms with Gasteiger partial charge in [0.05, 0.1) is 0 Å². The number of fused-ring (bicyclic) bond motifs is 1. The first-order valence-electron chi connectivity index (χ1n) is 7.62. The monoisotopic (exact) mass is 265 g/mol. The van der Waals surface area contributed by atoms with Crippen molar-refractivity contribution in [3.05, 3.63) is 70.8 Å². The minimum atomic E-state index is 0.422. The Bertz CT molecular complexity index is 571. The number of rotatable bonds is 3. The molecule has 0 bridgehead atoms. The fourth-order valence-electron chi connectivity index (χ4n) is 3.14. The molecule has 1 aliphatic rings. The minimum Gasteiger partial charge on any atom is -0.307 e. The Morgan fingerprint density at radius 2 is 1.70 bits per heavy atom. The van der Waals surface area contributed by atoms with Crippen molar-refractivity contribution >= 4 is 0 Å². The van der Waals surface area contributed by atoms with Crippen LogP contribution in [0.5, 0.6) is 0 Å². The average molecular weight is 265 g/mol. The Morgan fingerprint density at radius 1 is 1.00 bits per heavy atom. The van der Waals surface area contributed by atoms with Gasteiger partial charge >= 0.3 is 0 Å². The molecule has 0 aromatic heterocycles. The minimum absolute atomic E-state index is 0.422. The lowest BCUT2D eigenvalue weighted by Crippen LogP contribution is -2.36. The Kier molecular flexibility index (Phi) is 3.88. The first kappa shape index (κ1) is 13.4. The molecule has 1 N–H and O–H groups in total. The van der Waals surface area contributed by atoms with Crippen molar-refractivity contribution in [2.24, 2.45) is 0 Å². The van der Waals surface area contributed by atoms with Gasteiger partial charge in [-0.1, -0.05) is 54.1 Å². The van der Waals surface area contributed by atoms with E-state index in [0.29, 0.717) is 12.1 Å². The molecule has 2 unspecified atom stereocenters. The quantitative estimate of drug-likeness (QED) is 0.877. The van der Waals surface area contributed by atoms with Gasteiger partial charge in [0.15, 0.2) is 0 Å². The summed E-state index contributed by atoms with van der Waals surface area (Å²) >= 11 is 0. The smallest absolute Gasteiger partial charge is 0.0294 e. The van der Waals surface area contributed by atoms with E-state index in [4.69, 9.17) is 0 Å². The summed E-state index contributed by atoms with van der Waals surface area (Å²) in [6.45, 7) is 4.41. The van der Waals surface area contributed by atoms with Crippen molar-refractivity contribution < 1.29 is 0 Å². The molecule has 1 heteroatoms. The summed E-state index contributed by atoms with van der Waals surface area (Å²) in [6, 6.07) is 18.8. The molecule has 2 aromatic rings. The zero-order valence-corrected chi connectivity index (χ0v) is 12.4. The van der Waals surface area contributed by atoms with Crippen LogP contribution < -0.4 is 5.32 Å². The second kappa shape index (κ2) is 5.80. The molecule has 2 aromatic carbocycles. The number of nitrogens with one attached hydrogen (secondary N) is 1. The van der Waals surface area contributed by atoms with Gasteiger partial charge in [-0.3, -0.25) is 0 Å². The van der Waals surface area contributed by atoms with Crippen molar-refractivity contribution in [3.63, 3.8) is 0 Å². The Morgan fingerprint density at radius 3 is 2.45 bits per heavy atom. The highest BCUT2D eigenvalue weighted by atomic mass is 14.9. The first-order valence-corrected chi connectivity index (χ1v) is 7.62. The van der Waals surface area contributed by atoms with Crippen molar-refractivity contribution in [2.45, 2.75) is 45.2 Å². The summed E-state index contributed by atoms with van der Waals surface area (Å²) in [5.41, 5.74) is 5.77. The summed E-state index contributed by atoms with van der Waals surface area (Å²) in [4.78, 5) is 0. The summed E-state index contributed by atoms with van der Waals surface area (Å²) in [5.74, 6) is 0. The SMILES string of the molecule is Cc1ccc(C(C)NC2CCc3ccccc3C2)cc1. The highest BCUT2D eigenvalue weighted by Gasteiger charge is 2.19. The van der Waals surface area contributed by atoms with Gasteiger partial charge in [-0.05, 0) is 49.8 Å². The van der Waals surface area contributed by atoms with Gasteiger partial charge in [0.1, 0.15) is 0 Å². The molecule has 104 valence electrons. The predicted molar refractivity (Wildman–Crippen MR) is 85.0 cm³/mol. The van der Waals surface area contributed by atoms with Crippen LogP contribution in [0, 0.1) is 6.92 Å². The number of aryl methyl sites for hydroxylation is 2. The van der Waals surface area contributed by atoms with Crippen LogP contribution in [0.4, 0.5) is 0 Å². The van der Waals surface area contributed by atoms with Crippen LogP contribution in [0.25, 0.3) is 0 Å². The maximum Gasteiger partial charge on any atom is 0.0294 e. The number of benzene rings is 2. The summed E-state index contributed by atoms with van der Waals surface area (Å²) < 4.78 is 0. The lowest BCUT2D eigenvalue weighted by atomic mass is 9.88. The highest BCUT2D eigenvalue weighted by molar-refractivity contribution is 5.30. The zero-order valence-electron chi connectivity index (χ0n) is 12.4. The maximum atomic E-state index is 3.80. The van der Waals surface area contributed by atoms with Crippen LogP contribution in [0.15, 0.2) is 48.5 Å². The molecule has 0 saturated carbocycles. The van der Waals surface area contributed by atoms with Gasteiger partial charge in [0.2, 0.25) is 0 Å².